The lowest BCUT2D eigenvalue weighted by Crippen LogP contribution is -2.01. The van der Waals surface area contributed by atoms with Crippen LogP contribution in [0.1, 0.15) is 10.6 Å². The summed E-state index contributed by atoms with van der Waals surface area (Å²) < 4.78 is 0. The van der Waals surface area contributed by atoms with Gasteiger partial charge in [0.2, 0.25) is 0 Å². The van der Waals surface area contributed by atoms with Gasteiger partial charge in [-0.15, -0.1) is 11.3 Å². The molecular formula is C10H13N3S. The Morgan fingerprint density at radius 2 is 2.36 bits per heavy atom. The Morgan fingerprint density at radius 1 is 1.50 bits per heavy atom. The van der Waals surface area contributed by atoms with Crippen LogP contribution in [0.25, 0.3) is 11.1 Å². The van der Waals surface area contributed by atoms with Crippen molar-refractivity contribution >= 4 is 11.3 Å². The zero-order chi connectivity index (χ0) is 9.97. The van der Waals surface area contributed by atoms with Crippen LogP contribution in [-0.2, 0) is 6.42 Å². The highest BCUT2D eigenvalue weighted by atomic mass is 32.1. The second-order valence-corrected chi connectivity index (χ2v) is 4.21. The number of aryl methyl sites for hydroxylation is 1. The summed E-state index contributed by atoms with van der Waals surface area (Å²) in [6, 6.07) is 2.13. The van der Waals surface area contributed by atoms with Crippen molar-refractivity contribution in [2.45, 2.75) is 13.3 Å². The zero-order valence-electron chi connectivity index (χ0n) is 8.08. The largest absolute Gasteiger partial charge is 0.330 e. The van der Waals surface area contributed by atoms with E-state index in [0.717, 1.165) is 12.1 Å². The number of H-pyrrole nitrogens is 1. The van der Waals surface area contributed by atoms with Gasteiger partial charge in [-0.05, 0) is 36.9 Å². The number of thiophene rings is 1. The smallest absolute Gasteiger partial charge is 0.0569 e. The minimum absolute atomic E-state index is 0.699. The first-order valence-corrected chi connectivity index (χ1v) is 5.47. The summed E-state index contributed by atoms with van der Waals surface area (Å²) in [5.41, 5.74) is 9.14. The Bertz CT molecular complexity index is 416. The SMILES string of the molecule is Cc1[nH]ncc1-c1ccsc1CCN. The van der Waals surface area contributed by atoms with E-state index in [1.165, 1.54) is 16.0 Å². The van der Waals surface area contributed by atoms with Crippen molar-refractivity contribution in [3.8, 4) is 11.1 Å². The van der Waals surface area contributed by atoms with Gasteiger partial charge in [0.15, 0.2) is 0 Å². The van der Waals surface area contributed by atoms with Crippen LogP contribution >= 0.6 is 11.3 Å². The number of hydrogen-bond donors (Lipinski definition) is 2. The molecule has 0 amide bonds. The fourth-order valence-electron chi connectivity index (χ4n) is 1.53. The second kappa shape index (κ2) is 3.94. The molecule has 2 heterocycles. The van der Waals surface area contributed by atoms with E-state index in [-0.39, 0.29) is 0 Å². The molecule has 0 spiro atoms. The van der Waals surface area contributed by atoms with Crippen LogP contribution in [0, 0.1) is 6.92 Å². The first-order chi connectivity index (χ1) is 6.83. The Hall–Kier alpha value is -1.13. The number of aromatic amines is 1. The third kappa shape index (κ3) is 1.58. The molecule has 14 heavy (non-hydrogen) atoms. The second-order valence-electron chi connectivity index (χ2n) is 3.20. The monoisotopic (exact) mass is 207 g/mol. The van der Waals surface area contributed by atoms with Gasteiger partial charge in [0.25, 0.3) is 0 Å². The van der Waals surface area contributed by atoms with Gasteiger partial charge in [-0.25, -0.2) is 0 Å². The first-order valence-electron chi connectivity index (χ1n) is 4.59. The van der Waals surface area contributed by atoms with Crippen LogP contribution in [0.4, 0.5) is 0 Å². The summed E-state index contributed by atoms with van der Waals surface area (Å²) in [6.07, 6.45) is 2.81. The van der Waals surface area contributed by atoms with E-state index in [0.29, 0.717) is 6.54 Å². The Balaban J connectivity index is 2.41. The van der Waals surface area contributed by atoms with Gasteiger partial charge in [-0.2, -0.15) is 5.10 Å². The van der Waals surface area contributed by atoms with Crippen molar-refractivity contribution in [2.24, 2.45) is 5.73 Å². The number of aromatic nitrogens is 2. The van der Waals surface area contributed by atoms with Gasteiger partial charge in [0.05, 0.1) is 6.20 Å². The highest BCUT2D eigenvalue weighted by Crippen LogP contribution is 2.29. The van der Waals surface area contributed by atoms with Crippen molar-refractivity contribution in [2.75, 3.05) is 6.54 Å². The topological polar surface area (TPSA) is 54.7 Å². The standard InChI is InChI=1S/C10H13N3S/c1-7-9(6-12-13-7)8-3-5-14-10(8)2-4-11/h3,5-6H,2,4,11H2,1H3,(H,12,13). The van der Waals surface area contributed by atoms with Crippen molar-refractivity contribution in [3.63, 3.8) is 0 Å². The summed E-state index contributed by atoms with van der Waals surface area (Å²) in [4.78, 5) is 1.34. The summed E-state index contributed by atoms with van der Waals surface area (Å²) in [6.45, 7) is 2.73. The minimum atomic E-state index is 0.699. The van der Waals surface area contributed by atoms with Gasteiger partial charge < -0.3 is 5.73 Å². The lowest BCUT2D eigenvalue weighted by Gasteiger charge is -2.00. The molecule has 2 rings (SSSR count). The van der Waals surface area contributed by atoms with E-state index in [4.69, 9.17) is 5.73 Å². The van der Waals surface area contributed by atoms with Crippen molar-refractivity contribution in [1.82, 2.24) is 10.2 Å². The molecule has 0 fully saturated rings. The molecule has 0 unspecified atom stereocenters. The van der Waals surface area contributed by atoms with Gasteiger partial charge in [0, 0.05) is 16.1 Å². The molecule has 0 saturated heterocycles. The average Bonchev–Trinajstić information content (AvgIpc) is 2.74. The Labute approximate surface area is 87.0 Å². The van der Waals surface area contributed by atoms with Gasteiger partial charge >= 0.3 is 0 Å². The summed E-state index contributed by atoms with van der Waals surface area (Å²) in [5.74, 6) is 0. The molecule has 0 radical (unpaired) electrons. The number of nitrogens with zero attached hydrogens (tertiary/aromatic N) is 1. The maximum absolute atomic E-state index is 5.56. The highest BCUT2D eigenvalue weighted by Gasteiger charge is 2.09. The molecule has 4 heteroatoms. The molecule has 3 N–H and O–H groups in total. The van der Waals surface area contributed by atoms with E-state index in [1.807, 2.05) is 13.1 Å². The number of nitrogens with two attached hydrogens (primary N) is 1. The predicted molar refractivity (Wildman–Crippen MR) is 59.4 cm³/mol. The van der Waals surface area contributed by atoms with Crippen LogP contribution in [0.15, 0.2) is 17.6 Å². The normalized spacial score (nSPS) is 10.7. The molecule has 0 aromatic carbocycles. The first kappa shape index (κ1) is 9.43. The molecule has 0 saturated carbocycles. The van der Waals surface area contributed by atoms with Gasteiger partial charge in [-0.3, -0.25) is 5.10 Å². The molecule has 2 aromatic rings. The molecule has 0 aliphatic carbocycles. The molecule has 74 valence electrons. The maximum atomic E-state index is 5.56. The zero-order valence-corrected chi connectivity index (χ0v) is 8.90. The number of nitrogens with one attached hydrogen (secondary N) is 1. The third-order valence-corrected chi connectivity index (χ3v) is 3.22. The van der Waals surface area contributed by atoms with E-state index in [1.54, 1.807) is 11.3 Å². The quantitative estimate of drug-likeness (QED) is 0.808. The van der Waals surface area contributed by atoms with Crippen molar-refractivity contribution < 1.29 is 0 Å². The van der Waals surface area contributed by atoms with Crippen LogP contribution in [0.5, 0.6) is 0 Å². The predicted octanol–water partition coefficient (Wildman–Crippen LogP) is 1.95. The Kier molecular flexibility index (Phi) is 2.65. The Morgan fingerprint density at radius 3 is 3.00 bits per heavy atom. The van der Waals surface area contributed by atoms with Crippen molar-refractivity contribution in [3.05, 3.63) is 28.2 Å². The van der Waals surface area contributed by atoms with Crippen molar-refractivity contribution in [1.29, 1.82) is 0 Å². The summed E-state index contributed by atoms with van der Waals surface area (Å²) in [5, 5.41) is 9.08. The van der Waals surface area contributed by atoms with Gasteiger partial charge in [0.1, 0.15) is 0 Å². The molecule has 2 aromatic heterocycles. The molecule has 0 aliphatic rings. The summed E-state index contributed by atoms with van der Waals surface area (Å²) in [7, 11) is 0. The minimum Gasteiger partial charge on any atom is -0.330 e. The molecule has 0 bridgehead atoms. The van der Waals surface area contributed by atoms with Crippen LogP contribution in [-0.4, -0.2) is 16.7 Å². The summed E-state index contributed by atoms with van der Waals surface area (Å²) >= 11 is 1.76. The number of rotatable bonds is 3. The van der Waals surface area contributed by atoms with E-state index in [9.17, 15) is 0 Å². The fourth-order valence-corrected chi connectivity index (χ4v) is 2.44. The third-order valence-electron chi connectivity index (χ3n) is 2.24. The van der Waals surface area contributed by atoms with Gasteiger partial charge in [-0.1, -0.05) is 0 Å². The maximum Gasteiger partial charge on any atom is 0.0569 e. The van der Waals surface area contributed by atoms with Crippen LogP contribution < -0.4 is 5.73 Å². The molecule has 3 nitrogen and oxygen atoms in total. The fraction of sp³-hybridized carbons (Fsp3) is 0.300. The van der Waals surface area contributed by atoms with Crippen LogP contribution in [0.2, 0.25) is 0 Å². The molecule has 0 aliphatic heterocycles. The highest BCUT2D eigenvalue weighted by molar-refractivity contribution is 7.10. The van der Waals surface area contributed by atoms with E-state index < -0.39 is 0 Å². The lowest BCUT2D eigenvalue weighted by molar-refractivity contribution is 0.989. The molecular weight excluding hydrogens is 194 g/mol. The molecule has 0 atom stereocenters. The van der Waals surface area contributed by atoms with Crippen LogP contribution in [0.3, 0.4) is 0 Å². The van der Waals surface area contributed by atoms with E-state index in [2.05, 4.69) is 21.6 Å². The van der Waals surface area contributed by atoms with E-state index >= 15 is 0 Å². The number of hydrogen-bond acceptors (Lipinski definition) is 3. The lowest BCUT2D eigenvalue weighted by atomic mass is 10.1. The average molecular weight is 207 g/mol.